The zero-order valence-corrected chi connectivity index (χ0v) is 9.73. The van der Waals surface area contributed by atoms with Gasteiger partial charge in [-0.05, 0) is 30.5 Å². The van der Waals surface area contributed by atoms with Crippen molar-refractivity contribution in [3.63, 3.8) is 0 Å². The molecule has 2 saturated heterocycles. The second-order valence-corrected chi connectivity index (χ2v) is 5.13. The van der Waals surface area contributed by atoms with Crippen LogP contribution in [0.2, 0.25) is 0 Å². The Labute approximate surface area is 100 Å². The minimum atomic E-state index is -0.189. The number of Topliss-reactive ketones (excluding diaryl/α,β-unsaturated/α-hetero) is 1. The van der Waals surface area contributed by atoms with Gasteiger partial charge in [0, 0.05) is 31.5 Å². The molecule has 2 fully saturated rings. The van der Waals surface area contributed by atoms with Crippen LogP contribution in [0.25, 0.3) is 0 Å². The maximum absolute atomic E-state index is 12.8. The lowest BCUT2D eigenvalue weighted by molar-refractivity contribution is -0.123. The molecule has 2 unspecified atom stereocenters. The maximum atomic E-state index is 12.8. The standard InChI is InChI=1S/C14H16FNO/c15-11-3-1-10(2-4-11)9-16-12-5-6-13(16)8-14(17)7-12/h1-4,12-13H,5-9H2. The zero-order valence-electron chi connectivity index (χ0n) is 9.73. The molecule has 0 spiro atoms. The van der Waals surface area contributed by atoms with Gasteiger partial charge in [0.25, 0.3) is 0 Å². The van der Waals surface area contributed by atoms with E-state index < -0.39 is 0 Å². The molecule has 0 aromatic heterocycles. The summed E-state index contributed by atoms with van der Waals surface area (Å²) in [6.45, 7) is 0.850. The highest BCUT2D eigenvalue weighted by molar-refractivity contribution is 5.80. The Morgan fingerprint density at radius 2 is 1.71 bits per heavy atom. The summed E-state index contributed by atoms with van der Waals surface area (Å²) in [5.74, 6) is 0.221. The molecule has 2 heterocycles. The largest absolute Gasteiger partial charge is 0.300 e. The molecule has 0 radical (unpaired) electrons. The van der Waals surface area contributed by atoms with Gasteiger partial charge in [0.15, 0.2) is 0 Å². The van der Waals surface area contributed by atoms with Crippen LogP contribution in [0.3, 0.4) is 0 Å². The number of rotatable bonds is 2. The van der Waals surface area contributed by atoms with Crippen molar-refractivity contribution in [2.75, 3.05) is 0 Å². The molecule has 2 aliphatic rings. The highest BCUT2D eigenvalue weighted by Gasteiger charge is 2.39. The van der Waals surface area contributed by atoms with Crippen molar-refractivity contribution in [1.82, 2.24) is 4.90 Å². The van der Waals surface area contributed by atoms with Gasteiger partial charge in [0.1, 0.15) is 11.6 Å². The number of nitrogens with zero attached hydrogens (tertiary/aromatic N) is 1. The van der Waals surface area contributed by atoms with E-state index in [9.17, 15) is 9.18 Å². The lowest BCUT2D eigenvalue weighted by Crippen LogP contribution is -2.42. The summed E-state index contributed by atoms with van der Waals surface area (Å²) in [5, 5.41) is 0. The van der Waals surface area contributed by atoms with Crippen LogP contribution in [0.5, 0.6) is 0 Å². The minimum absolute atomic E-state index is 0.189. The van der Waals surface area contributed by atoms with E-state index in [2.05, 4.69) is 4.90 Å². The number of carbonyl (C=O) groups is 1. The van der Waals surface area contributed by atoms with Crippen LogP contribution in [-0.2, 0) is 11.3 Å². The summed E-state index contributed by atoms with van der Waals surface area (Å²) in [4.78, 5) is 13.9. The van der Waals surface area contributed by atoms with Gasteiger partial charge in [-0.1, -0.05) is 12.1 Å². The summed E-state index contributed by atoms with van der Waals surface area (Å²) < 4.78 is 12.8. The SMILES string of the molecule is O=C1CC2CCC(C1)N2Cc1ccc(F)cc1. The maximum Gasteiger partial charge on any atom is 0.136 e. The van der Waals surface area contributed by atoms with Crippen LogP contribution in [0, 0.1) is 5.82 Å². The summed E-state index contributed by atoms with van der Waals surface area (Å²) in [7, 11) is 0. The van der Waals surface area contributed by atoms with Crippen molar-refractivity contribution >= 4 is 5.78 Å². The molecule has 0 amide bonds. The van der Waals surface area contributed by atoms with E-state index in [-0.39, 0.29) is 5.82 Å². The quantitative estimate of drug-likeness (QED) is 0.782. The van der Waals surface area contributed by atoms with Gasteiger partial charge in [-0.25, -0.2) is 4.39 Å². The van der Waals surface area contributed by atoms with Gasteiger partial charge in [-0.3, -0.25) is 9.69 Å². The molecule has 90 valence electrons. The molecule has 1 aromatic carbocycles. The highest BCUT2D eigenvalue weighted by atomic mass is 19.1. The van der Waals surface area contributed by atoms with E-state index in [1.165, 1.54) is 12.1 Å². The normalized spacial score (nSPS) is 28.6. The Balaban J connectivity index is 1.74. The number of halogens is 1. The third-order valence-electron chi connectivity index (χ3n) is 3.98. The Bertz CT molecular complexity index is 412. The van der Waals surface area contributed by atoms with E-state index in [1.807, 2.05) is 12.1 Å². The number of ketones is 1. The molecule has 2 bridgehead atoms. The molecule has 3 rings (SSSR count). The summed E-state index contributed by atoms with van der Waals surface area (Å²) >= 11 is 0. The Kier molecular flexibility index (Phi) is 2.71. The first-order valence-corrected chi connectivity index (χ1v) is 6.24. The van der Waals surface area contributed by atoms with Gasteiger partial charge < -0.3 is 0 Å². The van der Waals surface area contributed by atoms with Gasteiger partial charge in [0.2, 0.25) is 0 Å². The van der Waals surface area contributed by atoms with E-state index in [0.717, 1.165) is 24.9 Å². The zero-order chi connectivity index (χ0) is 11.8. The van der Waals surface area contributed by atoms with Gasteiger partial charge >= 0.3 is 0 Å². The molecule has 2 nitrogen and oxygen atoms in total. The Morgan fingerprint density at radius 1 is 1.12 bits per heavy atom. The average molecular weight is 233 g/mol. The summed E-state index contributed by atoms with van der Waals surface area (Å²) in [6.07, 6.45) is 3.69. The average Bonchev–Trinajstić information content (AvgIpc) is 2.56. The first-order chi connectivity index (χ1) is 8.22. The monoisotopic (exact) mass is 233 g/mol. The van der Waals surface area contributed by atoms with Gasteiger partial charge in [0.05, 0.1) is 0 Å². The van der Waals surface area contributed by atoms with Crippen LogP contribution >= 0.6 is 0 Å². The first-order valence-electron chi connectivity index (χ1n) is 6.24. The number of carbonyl (C=O) groups excluding carboxylic acids is 1. The van der Waals surface area contributed by atoms with Crippen LogP contribution in [-0.4, -0.2) is 22.8 Å². The van der Waals surface area contributed by atoms with Crippen molar-refractivity contribution in [1.29, 1.82) is 0 Å². The van der Waals surface area contributed by atoms with E-state index in [0.29, 0.717) is 30.7 Å². The fourth-order valence-electron chi connectivity index (χ4n) is 3.12. The van der Waals surface area contributed by atoms with Crippen molar-refractivity contribution in [2.45, 2.75) is 44.3 Å². The predicted molar refractivity (Wildman–Crippen MR) is 63.0 cm³/mol. The highest BCUT2D eigenvalue weighted by Crippen LogP contribution is 2.34. The van der Waals surface area contributed by atoms with Crippen molar-refractivity contribution in [3.05, 3.63) is 35.6 Å². The van der Waals surface area contributed by atoms with Crippen LogP contribution in [0.15, 0.2) is 24.3 Å². The third kappa shape index (κ3) is 2.12. The van der Waals surface area contributed by atoms with Crippen LogP contribution < -0.4 is 0 Å². The van der Waals surface area contributed by atoms with Crippen molar-refractivity contribution in [2.24, 2.45) is 0 Å². The lowest BCUT2D eigenvalue weighted by Gasteiger charge is -2.33. The fourth-order valence-corrected chi connectivity index (χ4v) is 3.12. The molecule has 1 aromatic rings. The molecular formula is C14H16FNO. The van der Waals surface area contributed by atoms with Crippen LogP contribution in [0.4, 0.5) is 4.39 Å². The number of hydrogen-bond donors (Lipinski definition) is 0. The molecule has 17 heavy (non-hydrogen) atoms. The van der Waals surface area contributed by atoms with E-state index >= 15 is 0 Å². The minimum Gasteiger partial charge on any atom is -0.300 e. The molecule has 0 N–H and O–H groups in total. The molecule has 2 atom stereocenters. The lowest BCUT2D eigenvalue weighted by atomic mass is 10.0. The molecular weight excluding hydrogens is 217 g/mol. The fraction of sp³-hybridized carbons (Fsp3) is 0.500. The van der Waals surface area contributed by atoms with Crippen molar-refractivity contribution in [3.8, 4) is 0 Å². The van der Waals surface area contributed by atoms with Gasteiger partial charge in [-0.2, -0.15) is 0 Å². The number of fused-ring (bicyclic) bond motifs is 2. The molecule has 0 aliphatic carbocycles. The molecule has 3 heteroatoms. The second-order valence-electron chi connectivity index (χ2n) is 5.13. The molecule has 0 saturated carbocycles. The summed E-state index contributed by atoms with van der Waals surface area (Å²) in [5.41, 5.74) is 1.14. The third-order valence-corrected chi connectivity index (χ3v) is 3.98. The number of piperidine rings is 1. The topological polar surface area (TPSA) is 20.3 Å². The van der Waals surface area contributed by atoms with E-state index in [4.69, 9.17) is 0 Å². The van der Waals surface area contributed by atoms with Crippen molar-refractivity contribution < 1.29 is 9.18 Å². The second kappa shape index (κ2) is 4.22. The van der Waals surface area contributed by atoms with Gasteiger partial charge in [-0.15, -0.1) is 0 Å². The van der Waals surface area contributed by atoms with E-state index in [1.54, 1.807) is 0 Å². The molecule has 2 aliphatic heterocycles. The van der Waals surface area contributed by atoms with Crippen LogP contribution in [0.1, 0.15) is 31.2 Å². The number of benzene rings is 1. The first kappa shape index (κ1) is 10.9. The number of hydrogen-bond acceptors (Lipinski definition) is 2. The summed E-state index contributed by atoms with van der Waals surface area (Å²) in [6, 6.07) is 7.53. The smallest absolute Gasteiger partial charge is 0.136 e. The predicted octanol–water partition coefficient (Wildman–Crippen LogP) is 2.52. The Morgan fingerprint density at radius 3 is 2.29 bits per heavy atom. The Hall–Kier alpha value is -1.22.